The van der Waals surface area contributed by atoms with Crippen molar-refractivity contribution in [3.8, 4) is 22.6 Å². The van der Waals surface area contributed by atoms with Crippen LogP contribution in [0.15, 0.2) is 73.3 Å². The predicted molar refractivity (Wildman–Crippen MR) is 98.3 cm³/mol. The number of ether oxygens (including phenoxy) is 1. The number of hydrogen-bond donors (Lipinski definition) is 2. The molecule has 0 atom stereocenters. The second-order valence-electron chi connectivity index (χ2n) is 5.11. The number of benzene rings is 2. The summed E-state index contributed by atoms with van der Waals surface area (Å²) in [7, 11) is 0. The fourth-order valence-electron chi connectivity index (χ4n) is 2.24. The van der Waals surface area contributed by atoms with Crippen molar-refractivity contribution in [3.05, 3.63) is 73.3 Å². The minimum atomic E-state index is 0.294. The fraction of sp³-hybridized carbons (Fsp3) is 0. The van der Waals surface area contributed by atoms with Crippen LogP contribution in [0.2, 0.25) is 0 Å². The molecule has 0 unspecified atom stereocenters. The van der Waals surface area contributed by atoms with Gasteiger partial charge in [0.2, 0.25) is 0 Å². The first-order valence-corrected chi connectivity index (χ1v) is 7.73. The molecular formula is C19H16N4O3. The van der Waals surface area contributed by atoms with Crippen molar-refractivity contribution < 1.29 is 14.4 Å². The Bertz CT molecular complexity index is 896. The maximum Gasteiger partial charge on any atom is 0.173 e. The molecule has 1 aromatic heterocycles. The highest BCUT2D eigenvalue weighted by Crippen LogP contribution is 2.32. The van der Waals surface area contributed by atoms with E-state index in [0.717, 1.165) is 11.3 Å². The summed E-state index contributed by atoms with van der Waals surface area (Å²) >= 11 is 0. The van der Waals surface area contributed by atoms with Crippen LogP contribution in [0.25, 0.3) is 11.1 Å². The van der Waals surface area contributed by atoms with Crippen LogP contribution in [-0.4, -0.2) is 16.3 Å². The Balaban J connectivity index is 1.82. The van der Waals surface area contributed by atoms with Crippen LogP contribution in [0.3, 0.4) is 0 Å². The lowest BCUT2D eigenvalue weighted by Gasteiger charge is -2.12. The van der Waals surface area contributed by atoms with Gasteiger partial charge < -0.3 is 15.3 Å². The van der Waals surface area contributed by atoms with Crippen LogP contribution in [0.4, 0.5) is 11.6 Å². The van der Waals surface area contributed by atoms with Gasteiger partial charge in [-0.2, -0.15) is 0 Å². The monoisotopic (exact) mass is 348 g/mol. The molecule has 3 rings (SSSR count). The Morgan fingerprint density at radius 3 is 2.42 bits per heavy atom. The van der Waals surface area contributed by atoms with Gasteiger partial charge in [0.1, 0.15) is 36.2 Å². The molecule has 3 aromatic rings. The van der Waals surface area contributed by atoms with E-state index >= 15 is 0 Å². The Morgan fingerprint density at radius 2 is 1.69 bits per heavy atom. The summed E-state index contributed by atoms with van der Waals surface area (Å²) in [5.74, 6) is 2.11. The molecule has 26 heavy (non-hydrogen) atoms. The van der Waals surface area contributed by atoms with Gasteiger partial charge in [-0.1, -0.05) is 30.3 Å². The number of para-hydroxylation sites is 1. The lowest BCUT2D eigenvalue weighted by molar-refractivity contribution is -0.104. The number of nitrogens with two attached hydrogens (primary N) is 1. The summed E-state index contributed by atoms with van der Waals surface area (Å²) in [5.41, 5.74) is 9.99. The fourth-order valence-corrected chi connectivity index (χ4v) is 2.24. The quantitative estimate of drug-likeness (QED) is 0.291. The molecule has 2 aromatic carbocycles. The van der Waals surface area contributed by atoms with Crippen molar-refractivity contribution in [2.45, 2.75) is 0 Å². The molecule has 7 nitrogen and oxygen atoms in total. The van der Waals surface area contributed by atoms with E-state index in [4.69, 9.17) is 15.3 Å². The summed E-state index contributed by atoms with van der Waals surface area (Å²) in [4.78, 5) is 23.5. The normalized spacial score (nSPS) is 10.5. The summed E-state index contributed by atoms with van der Waals surface area (Å²) in [6.07, 6.45) is 4.32. The van der Waals surface area contributed by atoms with Crippen LogP contribution in [-0.2, 0) is 9.63 Å². The number of anilines is 2. The molecule has 0 saturated carbocycles. The second-order valence-corrected chi connectivity index (χ2v) is 5.11. The largest absolute Gasteiger partial charge is 0.457 e. The molecule has 0 radical (unpaired) electrons. The van der Waals surface area contributed by atoms with E-state index < -0.39 is 0 Å². The third-order valence-corrected chi connectivity index (χ3v) is 3.38. The maximum absolute atomic E-state index is 10.3. The number of nitrogens with one attached hydrogen (secondary N) is 1. The number of nitrogens with zero attached hydrogens (tertiary/aromatic N) is 2. The zero-order valence-corrected chi connectivity index (χ0v) is 13.7. The molecule has 0 fully saturated rings. The molecule has 0 aliphatic heterocycles. The van der Waals surface area contributed by atoms with Crippen molar-refractivity contribution in [1.29, 1.82) is 0 Å². The van der Waals surface area contributed by atoms with Gasteiger partial charge in [0.25, 0.3) is 0 Å². The highest BCUT2D eigenvalue weighted by Gasteiger charge is 2.12. The molecule has 0 saturated heterocycles. The summed E-state index contributed by atoms with van der Waals surface area (Å²) in [5, 5.41) is 0. The Morgan fingerprint density at radius 1 is 0.962 bits per heavy atom. The molecule has 130 valence electrons. The van der Waals surface area contributed by atoms with Gasteiger partial charge in [0.15, 0.2) is 5.82 Å². The molecule has 0 spiro atoms. The molecule has 0 aliphatic carbocycles. The minimum Gasteiger partial charge on any atom is -0.457 e. The number of hydrogen-bond acceptors (Lipinski definition) is 7. The SMILES string of the molecule is Nc1ncnc(NOC=CC=O)c1-c1ccc(Oc2ccccc2)cc1. The third kappa shape index (κ3) is 4.15. The van der Waals surface area contributed by atoms with E-state index in [1.165, 1.54) is 18.7 Å². The smallest absolute Gasteiger partial charge is 0.173 e. The molecular weight excluding hydrogens is 332 g/mol. The van der Waals surface area contributed by atoms with E-state index in [1.807, 2.05) is 54.6 Å². The number of aldehydes is 1. The summed E-state index contributed by atoms with van der Waals surface area (Å²) < 4.78 is 5.78. The van der Waals surface area contributed by atoms with Gasteiger partial charge >= 0.3 is 0 Å². The third-order valence-electron chi connectivity index (χ3n) is 3.38. The van der Waals surface area contributed by atoms with Gasteiger partial charge in [0, 0.05) is 6.08 Å². The molecule has 0 amide bonds. The number of carbonyl (C=O) groups excluding carboxylic acids is 1. The van der Waals surface area contributed by atoms with E-state index in [1.54, 1.807) is 0 Å². The van der Waals surface area contributed by atoms with Crippen LogP contribution in [0.1, 0.15) is 0 Å². The van der Waals surface area contributed by atoms with E-state index in [2.05, 4.69) is 15.4 Å². The zero-order valence-electron chi connectivity index (χ0n) is 13.7. The van der Waals surface area contributed by atoms with Gasteiger partial charge in [-0.05, 0) is 29.8 Å². The number of aromatic nitrogens is 2. The van der Waals surface area contributed by atoms with Crippen molar-refractivity contribution in [2.75, 3.05) is 11.2 Å². The molecule has 7 heteroatoms. The van der Waals surface area contributed by atoms with Crippen molar-refractivity contribution in [2.24, 2.45) is 0 Å². The van der Waals surface area contributed by atoms with Crippen molar-refractivity contribution in [1.82, 2.24) is 9.97 Å². The number of rotatable bonds is 7. The zero-order chi connectivity index (χ0) is 18.2. The highest BCUT2D eigenvalue weighted by molar-refractivity contribution is 5.83. The Hall–Kier alpha value is -3.87. The van der Waals surface area contributed by atoms with E-state index in [9.17, 15) is 4.79 Å². The van der Waals surface area contributed by atoms with Crippen LogP contribution < -0.4 is 16.0 Å². The van der Waals surface area contributed by atoms with E-state index in [-0.39, 0.29) is 0 Å². The van der Waals surface area contributed by atoms with Gasteiger partial charge in [-0.15, -0.1) is 0 Å². The Labute approximate surface area is 150 Å². The van der Waals surface area contributed by atoms with Crippen molar-refractivity contribution >= 4 is 17.9 Å². The Kier molecular flexibility index (Phi) is 5.41. The standard InChI is InChI=1S/C19H16N4O3/c20-18-17(19(22-13-21-18)23-25-12-4-11-24)14-7-9-16(10-8-14)26-15-5-2-1-3-6-15/h1-13H,(H3,20,21,22,23). The van der Waals surface area contributed by atoms with Crippen LogP contribution >= 0.6 is 0 Å². The van der Waals surface area contributed by atoms with Gasteiger partial charge in [-0.3, -0.25) is 4.79 Å². The molecule has 0 aliphatic rings. The lowest BCUT2D eigenvalue weighted by atomic mass is 10.1. The summed E-state index contributed by atoms with van der Waals surface area (Å²) in [6.45, 7) is 0. The number of nitrogen functional groups attached to an aromatic ring is 1. The second kappa shape index (κ2) is 8.29. The van der Waals surface area contributed by atoms with Gasteiger partial charge in [0.05, 0.1) is 5.56 Å². The molecule has 3 N–H and O–H groups in total. The highest BCUT2D eigenvalue weighted by atomic mass is 16.6. The number of carbonyl (C=O) groups is 1. The maximum atomic E-state index is 10.3. The van der Waals surface area contributed by atoms with Crippen molar-refractivity contribution in [3.63, 3.8) is 0 Å². The summed E-state index contributed by atoms with van der Waals surface area (Å²) in [6, 6.07) is 16.8. The first-order valence-electron chi connectivity index (χ1n) is 7.73. The first-order chi connectivity index (χ1) is 12.8. The van der Waals surface area contributed by atoms with Gasteiger partial charge in [-0.25, -0.2) is 15.4 Å². The van der Waals surface area contributed by atoms with Crippen LogP contribution in [0, 0.1) is 0 Å². The first kappa shape index (κ1) is 17.0. The average Bonchev–Trinajstić information content (AvgIpc) is 2.67. The lowest BCUT2D eigenvalue weighted by Crippen LogP contribution is -2.04. The topological polar surface area (TPSA) is 99.4 Å². The van der Waals surface area contributed by atoms with E-state index in [0.29, 0.717) is 29.2 Å². The van der Waals surface area contributed by atoms with Crippen LogP contribution in [0.5, 0.6) is 11.5 Å². The average molecular weight is 348 g/mol. The molecule has 1 heterocycles. The predicted octanol–water partition coefficient (Wildman–Crippen LogP) is 3.57. The number of allylic oxidation sites excluding steroid dienone is 1. The molecule has 0 bridgehead atoms. The minimum absolute atomic E-state index is 0.294.